The fourth-order valence-electron chi connectivity index (χ4n) is 3.66. The first-order valence-corrected chi connectivity index (χ1v) is 12.7. The number of hydrogen-bond donors (Lipinski definition) is 1. The van der Waals surface area contributed by atoms with Crippen LogP contribution in [0.25, 0.3) is 10.2 Å². The number of carbonyl (C=O) groups is 1. The van der Waals surface area contributed by atoms with Crippen LogP contribution in [-0.2, 0) is 21.4 Å². The molecule has 0 saturated heterocycles. The van der Waals surface area contributed by atoms with Gasteiger partial charge in [0, 0.05) is 12.2 Å². The summed E-state index contributed by atoms with van der Waals surface area (Å²) in [6.07, 6.45) is 1.41. The van der Waals surface area contributed by atoms with Gasteiger partial charge in [-0.05, 0) is 62.6 Å². The van der Waals surface area contributed by atoms with Crippen molar-refractivity contribution in [2.75, 3.05) is 15.9 Å². The van der Waals surface area contributed by atoms with Gasteiger partial charge in [-0.3, -0.25) is 18.5 Å². The summed E-state index contributed by atoms with van der Waals surface area (Å²) in [4.78, 5) is 25.2. The number of sulfonamides is 1. The Morgan fingerprint density at radius 3 is 2.48 bits per heavy atom. The number of aromatic nitrogens is 1. The van der Waals surface area contributed by atoms with Crippen molar-refractivity contribution in [2.45, 2.75) is 46.7 Å². The average molecular weight is 462 g/mol. The maximum absolute atomic E-state index is 13.2. The maximum Gasteiger partial charge on any atom is 0.308 e. The van der Waals surface area contributed by atoms with Crippen molar-refractivity contribution in [1.82, 2.24) is 4.57 Å². The van der Waals surface area contributed by atoms with Gasteiger partial charge in [-0.1, -0.05) is 30.4 Å². The average Bonchev–Trinajstić information content (AvgIpc) is 3.01. The van der Waals surface area contributed by atoms with Crippen LogP contribution in [0.2, 0.25) is 0 Å². The van der Waals surface area contributed by atoms with Gasteiger partial charge >= 0.3 is 4.87 Å². The highest BCUT2D eigenvalue weighted by Gasteiger charge is 2.32. The molecule has 0 unspecified atom stereocenters. The van der Waals surface area contributed by atoms with Gasteiger partial charge in [0.25, 0.3) is 0 Å². The van der Waals surface area contributed by atoms with Crippen molar-refractivity contribution in [3.63, 3.8) is 0 Å². The minimum atomic E-state index is -3.72. The highest BCUT2D eigenvalue weighted by molar-refractivity contribution is 7.92. The second kappa shape index (κ2) is 8.84. The number of carbonyl (C=O) groups excluding carboxylic acids is 1. The minimum Gasteiger partial charge on any atom is -0.324 e. The third-order valence-corrected chi connectivity index (χ3v) is 7.29. The molecule has 0 spiro atoms. The van der Waals surface area contributed by atoms with Crippen LogP contribution >= 0.6 is 11.3 Å². The molecule has 2 aromatic carbocycles. The maximum atomic E-state index is 13.2. The number of rotatable bonds is 7. The fourth-order valence-corrected chi connectivity index (χ4v) is 5.92. The van der Waals surface area contributed by atoms with Crippen LogP contribution in [0.5, 0.6) is 0 Å². The van der Waals surface area contributed by atoms with E-state index in [1.807, 2.05) is 32.9 Å². The standard InChI is InChI=1S/C22H27N3O4S2/c1-6-17(25(31(5,28)29)19-12-14(3)8-9-15(19)4)21(26)23-16-10-11-18-20(13-16)30-22(27)24(18)7-2/h8-13,17H,6-7H2,1-5H3,(H,23,26)/t17-/m1/s1. The number of fused-ring (bicyclic) bond motifs is 1. The molecule has 31 heavy (non-hydrogen) atoms. The van der Waals surface area contributed by atoms with Crippen LogP contribution in [0.15, 0.2) is 41.2 Å². The van der Waals surface area contributed by atoms with Crippen molar-refractivity contribution >= 4 is 48.9 Å². The molecule has 1 atom stereocenters. The molecule has 1 N–H and O–H groups in total. The van der Waals surface area contributed by atoms with Crippen molar-refractivity contribution in [1.29, 1.82) is 0 Å². The van der Waals surface area contributed by atoms with Gasteiger partial charge in [0.1, 0.15) is 6.04 Å². The summed E-state index contributed by atoms with van der Waals surface area (Å²) in [5.41, 5.74) is 3.52. The topological polar surface area (TPSA) is 88.5 Å². The highest BCUT2D eigenvalue weighted by Crippen LogP contribution is 2.28. The lowest BCUT2D eigenvalue weighted by molar-refractivity contribution is -0.117. The molecule has 1 aromatic heterocycles. The number of amides is 1. The Balaban J connectivity index is 1.98. The Morgan fingerprint density at radius 1 is 1.16 bits per heavy atom. The van der Waals surface area contributed by atoms with Crippen molar-refractivity contribution in [3.05, 3.63) is 57.2 Å². The summed E-state index contributed by atoms with van der Waals surface area (Å²) >= 11 is 1.12. The number of thiazole rings is 1. The Hall–Kier alpha value is -2.65. The van der Waals surface area contributed by atoms with E-state index in [1.54, 1.807) is 35.8 Å². The zero-order valence-corrected chi connectivity index (χ0v) is 19.9. The summed E-state index contributed by atoms with van der Waals surface area (Å²) in [6.45, 7) is 7.97. The first-order chi connectivity index (χ1) is 14.6. The molecular formula is C22H27N3O4S2. The largest absolute Gasteiger partial charge is 0.324 e. The first-order valence-electron chi connectivity index (χ1n) is 10.1. The number of nitrogens with zero attached hydrogens (tertiary/aromatic N) is 2. The Bertz CT molecular complexity index is 1290. The molecule has 0 saturated carbocycles. The lowest BCUT2D eigenvalue weighted by Crippen LogP contribution is -2.47. The molecule has 0 radical (unpaired) electrons. The van der Waals surface area contributed by atoms with E-state index in [0.29, 0.717) is 24.3 Å². The molecule has 7 nitrogen and oxygen atoms in total. The molecule has 0 aliphatic heterocycles. The van der Waals surface area contributed by atoms with Gasteiger partial charge in [-0.2, -0.15) is 0 Å². The zero-order chi connectivity index (χ0) is 22.9. The van der Waals surface area contributed by atoms with E-state index in [0.717, 1.165) is 38.9 Å². The molecule has 0 aliphatic carbocycles. The summed E-state index contributed by atoms with van der Waals surface area (Å²) in [6, 6.07) is 9.90. The number of aryl methyl sites for hydroxylation is 3. The smallest absolute Gasteiger partial charge is 0.308 e. The monoisotopic (exact) mass is 461 g/mol. The molecule has 1 amide bonds. The molecule has 166 valence electrons. The SMILES string of the molecule is CC[C@H](C(=O)Nc1ccc2c(c1)sc(=O)n2CC)N(c1cc(C)ccc1C)S(C)(=O)=O. The van der Waals surface area contributed by atoms with Crippen LogP contribution < -0.4 is 14.5 Å². The van der Waals surface area contributed by atoms with Gasteiger partial charge in [0.15, 0.2) is 0 Å². The first kappa shape index (κ1) is 23.0. The Labute approximate surface area is 186 Å². The third-order valence-electron chi connectivity index (χ3n) is 5.18. The van der Waals surface area contributed by atoms with Crippen LogP contribution in [0.1, 0.15) is 31.4 Å². The molecule has 0 aliphatic rings. The van der Waals surface area contributed by atoms with E-state index in [2.05, 4.69) is 5.32 Å². The normalized spacial score (nSPS) is 12.7. The second-order valence-corrected chi connectivity index (χ2v) is 10.4. The molecule has 9 heteroatoms. The van der Waals surface area contributed by atoms with Crippen molar-refractivity contribution in [2.24, 2.45) is 0 Å². The fraction of sp³-hybridized carbons (Fsp3) is 0.364. The summed E-state index contributed by atoms with van der Waals surface area (Å²) in [7, 11) is -3.72. The van der Waals surface area contributed by atoms with Crippen molar-refractivity contribution < 1.29 is 13.2 Å². The van der Waals surface area contributed by atoms with Gasteiger partial charge in [0.05, 0.1) is 22.2 Å². The van der Waals surface area contributed by atoms with E-state index in [1.165, 1.54) is 4.31 Å². The lowest BCUT2D eigenvalue weighted by atomic mass is 10.1. The van der Waals surface area contributed by atoms with Crippen molar-refractivity contribution in [3.8, 4) is 0 Å². The summed E-state index contributed by atoms with van der Waals surface area (Å²) < 4.78 is 29.1. The summed E-state index contributed by atoms with van der Waals surface area (Å²) in [5, 5.41) is 2.84. The van der Waals surface area contributed by atoms with Crippen LogP contribution in [0, 0.1) is 13.8 Å². The van der Waals surface area contributed by atoms with Gasteiger partial charge < -0.3 is 5.32 Å². The summed E-state index contributed by atoms with van der Waals surface area (Å²) in [5.74, 6) is -0.421. The molecule has 0 bridgehead atoms. The number of nitrogens with one attached hydrogen (secondary N) is 1. The third kappa shape index (κ3) is 4.67. The van der Waals surface area contributed by atoms with Gasteiger partial charge in [0.2, 0.25) is 15.9 Å². The number of benzene rings is 2. The number of hydrogen-bond acceptors (Lipinski definition) is 5. The van der Waals surface area contributed by atoms with E-state index in [-0.39, 0.29) is 4.87 Å². The minimum absolute atomic E-state index is 0.0504. The van der Waals surface area contributed by atoms with Gasteiger partial charge in [-0.15, -0.1) is 0 Å². The predicted molar refractivity (Wildman–Crippen MR) is 128 cm³/mol. The van der Waals surface area contributed by atoms with E-state index in [4.69, 9.17) is 0 Å². The molecule has 3 rings (SSSR count). The number of anilines is 2. The van der Waals surface area contributed by atoms with Crippen LogP contribution in [-0.4, -0.2) is 31.2 Å². The molecule has 3 aromatic rings. The van der Waals surface area contributed by atoms with Crippen LogP contribution in [0.4, 0.5) is 11.4 Å². The second-order valence-electron chi connectivity index (χ2n) is 7.56. The van der Waals surface area contributed by atoms with E-state index >= 15 is 0 Å². The predicted octanol–water partition coefficient (Wildman–Crippen LogP) is 3.88. The lowest BCUT2D eigenvalue weighted by Gasteiger charge is -2.31. The molecular weight excluding hydrogens is 434 g/mol. The molecule has 1 heterocycles. The zero-order valence-electron chi connectivity index (χ0n) is 18.3. The molecule has 0 fully saturated rings. The van der Waals surface area contributed by atoms with E-state index < -0.39 is 22.0 Å². The Morgan fingerprint density at radius 2 is 1.87 bits per heavy atom. The van der Waals surface area contributed by atoms with Gasteiger partial charge in [-0.25, -0.2) is 8.42 Å². The quantitative estimate of drug-likeness (QED) is 0.578. The van der Waals surface area contributed by atoms with Crippen LogP contribution in [0.3, 0.4) is 0 Å². The highest BCUT2D eigenvalue weighted by atomic mass is 32.2. The Kier molecular flexibility index (Phi) is 6.56. The van der Waals surface area contributed by atoms with E-state index in [9.17, 15) is 18.0 Å².